The van der Waals surface area contributed by atoms with E-state index in [9.17, 15) is 14.4 Å². The molecule has 1 aliphatic rings. The number of amides is 2. The van der Waals surface area contributed by atoms with Crippen LogP contribution >= 0.6 is 0 Å². The summed E-state index contributed by atoms with van der Waals surface area (Å²) in [6.07, 6.45) is 3.33. The van der Waals surface area contributed by atoms with Gasteiger partial charge in [-0.05, 0) is 35.1 Å². The Morgan fingerprint density at radius 1 is 0.886 bits per heavy atom. The molecular formula is C26H26N4O5. The normalized spacial score (nSPS) is 11.9. The van der Waals surface area contributed by atoms with Gasteiger partial charge in [0.25, 0.3) is 5.91 Å². The summed E-state index contributed by atoms with van der Waals surface area (Å²) in [5.74, 6) is -0.869. The van der Waals surface area contributed by atoms with Gasteiger partial charge in [0.05, 0.1) is 12.1 Å². The molecule has 3 N–H and O–H groups in total. The Morgan fingerprint density at radius 3 is 2.14 bits per heavy atom. The fraction of sp³-hybridized carbons (Fsp3) is 0.269. The van der Waals surface area contributed by atoms with Crippen LogP contribution in [0.25, 0.3) is 11.1 Å². The number of benzene rings is 2. The first-order valence-corrected chi connectivity index (χ1v) is 11.4. The average Bonchev–Trinajstić information content (AvgIpc) is 3.19. The number of carbonyl (C=O) groups excluding carboxylic acids is 2. The van der Waals surface area contributed by atoms with Gasteiger partial charge in [-0.15, -0.1) is 0 Å². The van der Waals surface area contributed by atoms with Gasteiger partial charge >= 0.3 is 12.1 Å². The number of ether oxygens (including phenoxy) is 1. The van der Waals surface area contributed by atoms with Gasteiger partial charge in [0.1, 0.15) is 12.4 Å². The second kappa shape index (κ2) is 11.2. The summed E-state index contributed by atoms with van der Waals surface area (Å²) in [5.41, 5.74) is 4.89. The van der Waals surface area contributed by atoms with Gasteiger partial charge in [0.15, 0.2) is 0 Å². The molecule has 2 amide bonds. The highest BCUT2D eigenvalue weighted by Gasteiger charge is 2.28. The summed E-state index contributed by atoms with van der Waals surface area (Å²) in [6, 6.07) is 16.2. The summed E-state index contributed by atoms with van der Waals surface area (Å²) in [5, 5.41) is 14.0. The van der Waals surface area contributed by atoms with E-state index in [0.29, 0.717) is 25.2 Å². The summed E-state index contributed by atoms with van der Waals surface area (Å²) in [6.45, 7) is 0.650. The molecule has 0 spiro atoms. The standard InChI is InChI=1S/C26H26N4O5/c31-24(32)11-5-6-12-27-25(33)17-13-28-23(29-14-17)15-30-26(34)35-16-22-20-9-3-1-7-18(20)19-8-2-4-10-21(19)22/h1-4,7-10,13-14,22H,5-6,11-12,15-16H2,(H,27,33)(H,30,34)(H,31,32). The van der Waals surface area contributed by atoms with Gasteiger partial charge in [-0.2, -0.15) is 0 Å². The molecule has 9 nitrogen and oxygen atoms in total. The topological polar surface area (TPSA) is 131 Å². The van der Waals surface area contributed by atoms with Crippen molar-refractivity contribution in [1.82, 2.24) is 20.6 Å². The van der Waals surface area contributed by atoms with Crippen molar-refractivity contribution in [2.75, 3.05) is 13.2 Å². The molecule has 0 atom stereocenters. The molecule has 180 valence electrons. The third-order valence-electron chi connectivity index (χ3n) is 5.80. The lowest BCUT2D eigenvalue weighted by Gasteiger charge is -2.14. The van der Waals surface area contributed by atoms with Crippen LogP contribution in [0, 0.1) is 0 Å². The molecule has 0 fully saturated rings. The first-order chi connectivity index (χ1) is 17.0. The number of nitrogens with zero attached hydrogens (tertiary/aromatic N) is 2. The molecule has 1 aromatic heterocycles. The second-order valence-electron chi connectivity index (χ2n) is 8.17. The quantitative estimate of drug-likeness (QED) is 0.383. The lowest BCUT2D eigenvalue weighted by molar-refractivity contribution is -0.137. The van der Waals surface area contributed by atoms with Crippen LogP contribution in [0.5, 0.6) is 0 Å². The van der Waals surface area contributed by atoms with Crippen LogP contribution in [0.1, 0.15) is 52.5 Å². The average molecular weight is 475 g/mol. The van der Waals surface area contributed by atoms with Crippen LogP contribution in [-0.4, -0.2) is 46.2 Å². The Labute approximate surface area is 202 Å². The van der Waals surface area contributed by atoms with Crippen molar-refractivity contribution in [2.24, 2.45) is 0 Å². The van der Waals surface area contributed by atoms with E-state index in [2.05, 4.69) is 44.9 Å². The molecule has 0 aliphatic heterocycles. The van der Waals surface area contributed by atoms with Crippen molar-refractivity contribution in [3.8, 4) is 11.1 Å². The number of carboxylic acid groups (broad SMARTS) is 1. The number of carbonyl (C=O) groups is 3. The minimum atomic E-state index is -0.855. The number of hydrogen-bond donors (Lipinski definition) is 3. The molecule has 0 bridgehead atoms. The molecule has 35 heavy (non-hydrogen) atoms. The third-order valence-corrected chi connectivity index (χ3v) is 5.80. The van der Waals surface area contributed by atoms with Crippen molar-refractivity contribution in [1.29, 1.82) is 0 Å². The zero-order valence-corrected chi connectivity index (χ0v) is 19.1. The van der Waals surface area contributed by atoms with Crippen molar-refractivity contribution in [3.05, 3.63) is 83.4 Å². The molecule has 0 saturated heterocycles. The Bertz CT molecular complexity index is 1170. The van der Waals surface area contributed by atoms with Gasteiger partial charge in [-0.1, -0.05) is 48.5 Å². The number of aromatic nitrogens is 2. The van der Waals surface area contributed by atoms with Crippen LogP contribution in [0.3, 0.4) is 0 Å². The molecule has 0 radical (unpaired) electrons. The number of fused-ring (bicyclic) bond motifs is 3. The SMILES string of the molecule is O=C(O)CCCCNC(=O)c1cnc(CNC(=O)OCC2c3ccccc3-c3ccccc32)nc1. The number of unbranched alkanes of at least 4 members (excludes halogenated alkanes) is 1. The van der Waals surface area contributed by atoms with Gasteiger partial charge in [0.2, 0.25) is 0 Å². The monoisotopic (exact) mass is 474 g/mol. The highest BCUT2D eigenvalue weighted by Crippen LogP contribution is 2.44. The second-order valence-corrected chi connectivity index (χ2v) is 8.17. The van der Waals surface area contributed by atoms with E-state index in [0.717, 1.165) is 22.3 Å². The number of rotatable bonds is 10. The Kier molecular flexibility index (Phi) is 7.67. The fourth-order valence-electron chi connectivity index (χ4n) is 4.07. The van der Waals surface area contributed by atoms with Gasteiger partial charge in [-0.25, -0.2) is 14.8 Å². The summed E-state index contributed by atoms with van der Waals surface area (Å²) >= 11 is 0. The highest BCUT2D eigenvalue weighted by atomic mass is 16.5. The largest absolute Gasteiger partial charge is 0.481 e. The third kappa shape index (κ3) is 6.00. The van der Waals surface area contributed by atoms with E-state index < -0.39 is 12.1 Å². The van der Waals surface area contributed by atoms with Gasteiger partial charge in [0, 0.05) is 31.3 Å². The number of aliphatic carboxylic acids is 1. The first kappa shape index (κ1) is 23.9. The molecule has 9 heteroatoms. The van der Waals surface area contributed by atoms with E-state index >= 15 is 0 Å². The Morgan fingerprint density at radius 2 is 1.51 bits per heavy atom. The predicted molar refractivity (Wildman–Crippen MR) is 128 cm³/mol. The molecule has 1 heterocycles. The summed E-state index contributed by atoms with van der Waals surface area (Å²) in [4.78, 5) is 43.1. The molecule has 1 aliphatic carbocycles. The Hall–Kier alpha value is -4.27. The minimum Gasteiger partial charge on any atom is -0.481 e. The van der Waals surface area contributed by atoms with Crippen LogP contribution < -0.4 is 10.6 Å². The molecular weight excluding hydrogens is 448 g/mol. The van der Waals surface area contributed by atoms with Crippen molar-refractivity contribution in [2.45, 2.75) is 31.7 Å². The number of carboxylic acids is 1. The smallest absolute Gasteiger partial charge is 0.407 e. The zero-order chi connectivity index (χ0) is 24.6. The van der Waals surface area contributed by atoms with Crippen molar-refractivity contribution >= 4 is 18.0 Å². The van der Waals surface area contributed by atoms with Crippen LogP contribution in [0.15, 0.2) is 60.9 Å². The molecule has 3 aromatic rings. The van der Waals surface area contributed by atoms with E-state index in [1.165, 1.54) is 12.4 Å². The predicted octanol–water partition coefficient (Wildman–Crippen LogP) is 3.50. The number of hydrogen-bond acceptors (Lipinski definition) is 6. The first-order valence-electron chi connectivity index (χ1n) is 11.4. The van der Waals surface area contributed by atoms with Crippen molar-refractivity contribution in [3.63, 3.8) is 0 Å². The van der Waals surface area contributed by atoms with E-state index in [1.54, 1.807) is 0 Å². The van der Waals surface area contributed by atoms with Gasteiger partial charge < -0.3 is 20.5 Å². The maximum absolute atomic E-state index is 12.3. The highest BCUT2D eigenvalue weighted by molar-refractivity contribution is 5.93. The zero-order valence-electron chi connectivity index (χ0n) is 19.1. The number of nitrogens with one attached hydrogen (secondary N) is 2. The van der Waals surface area contributed by atoms with E-state index in [4.69, 9.17) is 9.84 Å². The van der Waals surface area contributed by atoms with E-state index in [-0.39, 0.29) is 37.0 Å². The van der Waals surface area contributed by atoms with Gasteiger partial charge in [-0.3, -0.25) is 9.59 Å². The Balaban J connectivity index is 1.23. The lowest BCUT2D eigenvalue weighted by atomic mass is 9.98. The summed E-state index contributed by atoms with van der Waals surface area (Å²) < 4.78 is 5.50. The number of alkyl carbamates (subject to hydrolysis) is 1. The minimum absolute atomic E-state index is 0.0219. The fourth-order valence-corrected chi connectivity index (χ4v) is 4.07. The lowest BCUT2D eigenvalue weighted by Crippen LogP contribution is -2.27. The molecule has 2 aromatic carbocycles. The molecule has 0 unspecified atom stereocenters. The molecule has 0 saturated carbocycles. The molecule has 4 rings (SSSR count). The maximum Gasteiger partial charge on any atom is 0.407 e. The summed E-state index contributed by atoms with van der Waals surface area (Å²) in [7, 11) is 0. The van der Waals surface area contributed by atoms with E-state index in [1.807, 2.05) is 24.3 Å². The van der Waals surface area contributed by atoms with Crippen molar-refractivity contribution < 1.29 is 24.2 Å². The van der Waals surface area contributed by atoms with Crippen LogP contribution in [-0.2, 0) is 16.1 Å². The van der Waals surface area contributed by atoms with Crippen LogP contribution in [0.4, 0.5) is 4.79 Å². The maximum atomic E-state index is 12.3. The van der Waals surface area contributed by atoms with Crippen LogP contribution in [0.2, 0.25) is 0 Å².